The number of nitrogens with one attached hydrogen (secondary N) is 1. The van der Waals surface area contributed by atoms with Crippen molar-refractivity contribution in [3.63, 3.8) is 0 Å². The molecule has 3 nitrogen and oxygen atoms in total. The molecule has 0 heterocycles. The molecule has 62 valence electrons. The molecule has 0 unspecified atom stereocenters. The van der Waals surface area contributed by atoms with Crippen molar-refractivity contribution >= 4 is 5.97 Å². The van der Waals surface area contributed by atoms with Gasteiger partial charge in [0.1, 0.15) is 5.54 Å². The van der Waals surface area contributed by atoms with Gasteiger partial charge in [-0.3, -0.25) is 4.79 Å². The van der Waals surface area contributed by atoms with Crippen molar-refractivity contribution in [3.8, 4) is 0 Å². The molecule has 0 aromatic carbocycles. The van der Waals surface area contributed by atoms with Crippen molar-refractivity contribution in [1.82, 2.24) is 5.32 Å². The topological polar surface area (TPSA) is 49.3 Å². The van der Waals surface area contributed by atoms with Crippen LogP contribution >= 0.6 is 0 Å². The molecule has 10 heavy (non-hydrogen) atoms. The molecule has 3 heteroatoms. The summed E-state index contributed by atoms with van der Waals surface area (Å²) in [5, 5.41) is 11.0. The number of rotatable bonds is 2. The Balaban J connectivity index is 0. The first-order chi connectivity index (χ1) is 4.50. The first kappa shape index (κ1) is 12.1. The van der Waals surface area contributed by atoms with Gasteiger partial charge >= 0.3 is 5.97 Å². The number of hydrogen-bond acceptors (Lipinski definition) is 2. The molecule has 0 saturated heterocycles. The molecule has 0 aromatic heterocycles. The Morgan fingerprint density at radius 3 is 1.70 bits per heavy atom. The summed E-state index contributed by atoms with van der Waals surface area (Å²) in [5.74, 6) is -0.833. The van der Waals surface area contributed by atoms with Crippen LogP contribution in [0.5, 0.6) is 0 Å². The van der Waals surface area contributed by atoms with Crippen molar-refractivity contribution in [3.05, 3.63) is 0 Å². The highest BCUT2D eigenvalue weighted by Gasteiger charge is 2.23. The molecule has 0 aliphatic heterocycles. The average molecular weight is 147 g/mol. The largest absolute Gasteiger partial charge is 0.480 e. The maximum absolute atomic E-state index is 10.2. The third kappa shape index (κ3) is 4.32. The Labute approximate surface area is 62.4 Å². The lowest BCUT2D eigenvalue weighted by atomic mass is 10.1. The van der Waals surface area contributed by atoms with Crippen molar-refractivity contribution in [2.24, 2.45) is 0 Å². The van der Waals surface area contributed by atoms with E-state index in [1.54, 1.807) is 20.9 Å². The Hall–Kier alpha value is -0.570. The van der Waals surface area contributed by atoms with Crippen LogP contribution < -0.4 is 5.32 Å². The first-order valence-electron chi connectivity index (χ1n) is 3.43. The third-order valence-corrected chi connectivity index (χ3v) is 1.16. The van der Waals surface area contributed by atoms with E-state index in [1.807, 2.05) is 13.8 Å². The fraction of sp³-hybridized carbons (Fsp3) is 0.857. The smallest absolute Gasteiger partial charge is 0.323 e. The molecular formula is C7H17NO2. The normalized spacial score (nSPS) is 9.70. The van der Waals surface area contributed by atoms with Crippen molar-refractivity contribution < 1.29 is 9.90 Å². The monoisotopic (exact) mass is 147 g/mol. The Morgan fingerprint density at radius 1 is 1.40 bits per heavy atom. The zero-order valence-corrected chi connectivity index (χ0v) is 7.36. The summed E-state index contributed by atoms with van der Waals surface area (Å²) in [6.45, 7) is 7.21. The number of likely N-dealkylation sites (N-methyl/N-ethyl adjacent to an activating group) is 1. The van der Waals surface area contributed by atoms with E-state index in [-0.39, 0.29) is 0 Å². The molecule has 2 N–H and O–H groups in total. The molecule has 0 aromatic rings. The second-order valence-corrected chi connectivity index (χ2v) is 2.18. The van der Waals surface area contributed by atoms with Crippen molar-refractivity contribution in [2.45, 2.75) is 33.2 Å². The van der Waals surface area contributed by atoms with Gasteiger partial charge in [-0.05, 0) is 20.9 Å². The van der Waals surface area contributed by atoms with Crippen molar-refractivity contribution in [1.29, 1.82) is 0 Å². The average Bonchev–Trinajstić information content (AvgIpc) is 1.92. The zero-order chi connectivity index (χ0) is 8.78. The number of hydrogen-bond donors (Lipinski definition) is 2. The molecule has 0 rings (SSSR count). The standard InChI is InChI=1S/C5H11NO2.C2H6/c1-5(2,6-3)4(7)8;1-2/h6H,1-3H3,(H,7,8);1-2H3. The SMILES string of the molecule is CC.CNC(C)(C)C(=O)O. The highest BCUT2D eigenvalue weighted by Crippen LogP contribution is 1.98. The lowest BCUT2D eigenvalue weighted by molar-refractivity contribution is -0.143. The maximum Gasteiger partial charge on any atom is 0.323 e. The van der Waals surface area contributed by atoms with E-state index in [4.69, 9.17) is 5.11 Å². The number of carbonyl (C=O) groups is 1. The van der Waals surface area contributed by atoms with Gasteiger partial charge in [-0.1, -0.05) is 13.8 Å². The third-order valence-electron chi connectivity index (χ3n) is 1.16. The van der Waals surface area contributed by atoms with Gasteiger partial charge in [-0.15, -0.1) is 0 Å². The van der Waals surface area contributed by atoms with E-state index in [2.05, 4.69) is 5.32 Å². The van der Waals surface area contributed by atoms with E-state index < -0.39 is 11.5 Å². The lowest BCUT2D eigenvalue weighted by Crippen LogP contribution is -2.44. The van der Waals surface area contributed by atoms with Crippen LogP contribution in [0.15, 0.2) is 0 Å². The van der Waals surface area contributed by atoms with E-state index >= 15 is 0 Å². The van der Waals surface area contributed by atoms with Gasteiger partial charge in [0.25, 0.3) is 0 Å². The van der Waals surface area contributed by atoms with Crippen LogP contribution in [-0.2, 0) is 4.79 Å². The van der Waals surface area contributed by atoms with Crippen LogP contribution in [0.3, 0.4) is 0 Å². The minimum absolute atomic E-state index is 0.792. The summed E-state index contributed by atoms with van der Waals surface area (Å²) in [5.41, 5.74) is -0.792. The predicted octanol–water partition coefficient (Wildman–Crippen LogP) is 1.10. The van der Waals surface area contributed by atoms with Crippen LogP contribution in [0.1, 0.15) is 27.7 Å². The number of aliphatic carboxylic acids is 1. The van der Waals surface area contributed by atoms with E-state index in [0.29, 0.717) is 0 Å². The second kappa shape index (κ2) is 5.23. The summed E-state index contributed by atoms with van der Waals surface area (Å²) < 4.78 is 0. The highest BCUT2D eigenvalue weighted by molar-refractivity contribution is 5.77. The molecule has 0 aliphatic rings. The summed E-state index contributed by atoms with van der Waals surface area (Å²) in [6, 6.07) is 0. The molecule has 0 radical (unpaired) electrons. The first-order valence-corrected chi connectivity index (χ1v) is 3.43. The molecular weight excluding hydrogens is 130 g/mol. The summed E-state index contributed by atoms with van der Waals surface area (Å²) >= 11 is 0. The van der Waals surface area contributed by atoms with Gasteiger partial charge < -0.3 is 10.4 Å². The quantitative estimate of drug-likeness (QED) is 0.614. The molecule has 0 aliphatic carbocycles. The molecule has 0 amide bonds. The van der Waals surface area contributed by atoms with Crippen LogP contribution in [0.25, 0.3) is 0 Å². The van der Waals surface area contributed by atoms with Crippen LogP contribution in [-0.4, -0.2) is 23.7 Å². The van der Waals surface area contributed by atoms with Crippen LogP contribution in [0.2, 0.25) is 0 Å². The summed E-state index contributed by atoms with van der Waals surface area (Å²) in [4.78, 5) is 10.2. The Kier molecular flexibility index (Phi) is 6.35. The number of carboxylic acid groups (broad SMARTS) is 1. The summed E-state index contributed by atoms with van der Waals surface area (Å²) in [6.07, 6.45) is 0. The second-order valence-electron chi connectivity index (χ2n) is 2.18. The number of carboxylic acids is 1. The van der Waals surface area contributed by atoms with Gasteiger partial charge in [0.2, 0.25) is 0 Å². The van der Waals surface area contributed by atoms with Gasteiger partial charge in [-0.25, -0.2) is 0 Å². The van der Waals surface area contributed by atoms with Gasteiger partial charge in [-0.2, -0.15) is 0 Å². The fourth-order valence-electron chi connectivity index (χ4n) is 0.107. The lowest BCUT2D eigenvalue weighted by Gasteiger charge is -2.16. The van der Waals surface area contributed by atoms with Gasteiger partial charge in [0, 0.05) is 0 Å². The Bertz CT molecular complexity index is 99.8. The van der Waals surface area contributed by atoms with E-state index in [9.17, 15) is 4.79 Å². The van der Waals surface area contributed by atoms with Gasteiger partial charge in [0.05, 0.1) is 0 Å². The molecule has 0 saturated carbocycles. The summed E-state index contributed by atoms with van der Waals surface area (Å²) in [7, 11) is 1.62. The van der Waals surface area contributed by atoms with E-state index in [1.165, 1.54) is 0 Å². The maximum atomic E-state index is 10.2. The predicted molar refractivity (Wildman–Crippen MR) is 42.1 cm³/mol. The zero-order valence-electron chi connectivity index (χ0n) is 7.36. The molecule has 0 fully saturated rings. The minimum atomic E-state index is -0.833. The van der Waals surface area contributed by atoms with Crippen LogP contribution in [0.4, 0.5) is 0 Å². The highest BCUT2D eigenvalue weighted by atomic mass is 16.4. The molecule has 0 bridgehead atoms. The fourth-order valence-corrected chi connectivity index (χ4v) is 0.107. The van der Waals surface area contributed by atoms with Crippen molar-refractivity contribution in [2.75, 3.05) is 7.05 Å². The molecule has 0 atom stereocenters. The van der Waals surface area contributed by atoms with Crippen LogP contribution in [0, 0.1) is 0 Å². The minimum Gasteiger partial charge on any atom is -0.480 e. The Morgan fingerprint density at radius 2 is 1.70 bits per heavy atom. The van der Waals surface area contributed by atoms with E-state index in [0.717, 1.165) is 0 Å². The molecule has 0 spiro atoms. The van der Waals surface area contributed by atoms with Gasteiger partial charge in [0.15, 0.2) is 0 Å².